The minimum atomic E-state index is -0.233. The van der Waals surface area contributed by atoms with Crippen molar-refractivity contribution in [3.05, 3.63) is 41.2 Å². The molecule has 136 valence electrons. The fraction of sp³-hybridized carbons (Fsp3) is 0.444. The summed E-state index contributed by atoms with van der Waals surface area (Å²) in [6.07, 6.45) is 5.90. The summed E-state index contributed by atoms with van der Waals surface area (Å²) < 4.78 is 1.57. The zero-order chi connectivity index (χ0) is 18.1. The van der Waals surface area contributed by atoms with Gasteiger partial charge in [-0.25, -0.2) is 4.68 Å². The van der Waals surface area contributed by atoms with Gasteiger partial charge in [0.05, 0.1) is 11.1 Å². The van der Waals surface area contributed by atoms with Crippen LogP contribution in [0.1, 0.15) is 64.6 Å². The number of rotatable bonds is 5. The molecule has 2 aliphatic rings. The maximum absolute atomic E-state index is 12.4. The summed E-state index contributed by atoms with van der Waals surface area (Å²) in [5.41, 5.74) is 0.952. The summed E-state index contributed by atoms with van der Waals surface area (Å²) in [6, 6.07) is 6.92. The predicted octanol–water partition coefficient (Wildman–Crippen LogP) is 2.43. The fourth-order valence-corrected chi connectivity index (χ4v) is 4.48. The second-order valence-electron chi connectivity index (χ2n) is 6.70. The highest BCUT2D eigenvalue weighted by Gasteiger charge is 2.34. The molecule has 1 saturated carbocycles. The Hall–Kier alpha value is -2.35. The van der Waals surface area contributed by atoms with Crippen LogP contribution in [0, 0.1) is 0 Å². The van der Waals surface area contributed by atoms with Crippen molar-refractivity contribution in [1.82, 2.24) is 19.8 Å². The molecular weight excluding hydrogens is 350 g/mol. The van der Waals surface area contributed by atoms with Crippen molar-refractivity contribution in [2.45, 2.75) is 43.2 Å². The van der Waals surface area contributed by atoms with Crippen molar-refractivity contribution in [2.24, 2.45) is 0 Å². The highest BCUT2D eigenvalue weighted by atomic mass is 32.2. The molecule has 8 heteroatoms. The molecule has 0 bridgehead atoms. The number of fused-ring (bicyclic) bond motifs is 1. The summed E-state index contributed by atoms with van der Waals surface area (Å²) in [5, 5.41) is 9.09. The summed E-state index contributed by atoms with van der Waals surface area (Å²) in [5.74, 6) is 7.46. The first kappa shape index (κ1) is 17.1. The van der Waals surface area contributed by atoms with Crippen LogP contribution in [-0.2, 0) is 0 Å². The number of hydrogen-bond donors (Lipinski definition) is 1. The molecule has 4 rings (SSSR count). The Kier molecular flexibility index (Phi) is 4.67. The molecule has 2 amide bonds. The number of nitrogens with zero attached hydrogens (tertiary/aromatic N) is 4. The predicted molar refractivity (Wildman–Crippen MR) is 98.5 cm³/mol. The van der Waals surface area contributed by atoms with Crippen LogP contribution < -0.4 is 5.84 Å². The number of hydrogen-bond acceptors (Lipinski definition) is 6. The maximum atomic E-state index is 12.4. The van der Waals surface area contributed by atoms with E-state index in [1.807, 2.05) is 0 Å². The third-order valence-corrected chi connectivity index (χ3v) is 6.01. The lowest BCUT2D eigenvalue weighted by Crippen LogP contribution is -2.32. The van der Waals surface area contributed by atoms with Crippen molar-refractivity contribution >= 4 is 23.6 Å². The van der Waals surface area contributed by atoms with Crippen LogP contribution in [0.25, 0.3) is 0 Å². The zero-order valence-electron chi connectivity index (χ0n) is 14.4. The smallest absolute Gasteiger partial charge is 0.261 e. The third-order valence-electron chi connectivity index (χ3n) is 5.09. The molecule has 0 spiro atoms. The SMILES string of the molecule is Nn1c(SCCN2C(=O)c3ccccc3C2=O)nnc1C1CCCCC1. The number of imide groups is 1. The first-order valence-corrected chi connectivity index (χ1v) is 9.94. The molecule has 0 radical (unpaired) electrons. The second kappa shape index (κ2) is 7.11. The fourth-order valence-electron chi connectivity index (χ4n) is 3.70. The number of amides is 2. The van der Waals surface area contributed by atoms with E-state index in [1.165, 1.54) is 35.9 Å². The van der Waals surface area contributed by atoms with E-state index in [0.717, 1.165) is 18.7 Å². The molecule has 1 aromatic heterocycles. The Bertz CT molecular complexity index is 809. The Morgan fingerprint density at radius 1 is 1.04 bits per heavy atom. The number of benzene rings is 1. The molecule has 1 fully saturated rings. The number of aromatic nitrogens is 3. The average Bonchev–Trinajstić information content (AvgIpc) is 3.16. The van der Waals surface area contributed by atoms with E-state index in [0.29, 0.717) is 34.5 Å². The van der Waals surface area contributed by atoms with Crippen LogP contribution in [0.4, 0.5) is 0 Å². The molecule has 1 aromatic carbocycles. The van der Waals surface area contributed by atoms with E-state index in [-0.39, 0.29) is 11.8 Å². The van der Waals surface area contributed by atoms with Crippen molar-refractivity contribution in [2.75, 3.05) is 18.1 Å². The quantitative estimate of drug-likeness (QED) is 0.493. The van der Waals surface area contributed by atoms with Crippen molar-refractivity contribution in [3.8, 4) is 0 Å². The van der Waals surface area contributed by atoms with Gasteiger partial charge >= 0.3 is 0 Å². The highest BCUT2D eigenvalue weighted by Crippen LogP contribution is 2.32. The van der Waals surface area contributed by atoms with Gasteiger partial charge < -0.3 is 5.84 Å². The van der Waals surface area contributed by atoms with Gasteiger partial charge in [0.25, 0.3) is 11.8 Å². The van der Waals surface area contributed by atoms with Gasteiger partial charge in [-0.2, -0.15) is 0 Å². The summed E-state index contributed by atoms with van der Waals surface area (Å²) >= 11 is 1.42. The van der Waals surface area contributed by atoms with Gasteiger partial charge in [-0.15, -0.1) is 10.2 Å². The molecule has 0 unspecified atom stereocenters. The third kappa shape index (κ3) is 2.98. The molecule has 2 heterocycles. The van der Waals surface area contributed by atoms with E-state index in [2.05, 4.69) is 10.2 Å². The Labute approximate surface area is 155 Å². The normalized spacial score (nSPS) is 17.8. The summed E-state index contributed by atoms with van der Waals surface area (Å²) in [7, 11) is 0. The van der Waals surface area contributed by atoms with E-state index >= 15 is 0 Å². The lowest BCUT2D eigenvalue weighted by atomic mass is 9.89. The summed E-state index contributed by atoms with van der Waals surface area (Å²) in [4.78, 5) is 26.0. The second-order valence-corrected chi connectivity index (χ2v) is 7.76. The molecule has 2 aromatic rings. The zero-order valence-corrected chi connectivity index (χ0v) is 15.2. The van der Waals surface area contributed by atoms with Gasteiger partial charge in [0.2, 0.25) is 5.16 Å². The monoisotopic (exact) mass is 371 g/mol. The largest absolute Gasteiger partial charge is 0.336 e. The van der Waals surface area contributed by atoms with Crippen molar-refractivity contribution in [3.63, 3.8) is 0 Å². The number of carbonyl (C=O) groups is 2. The van der Waals surface area contributed by atoms with Gasteiger partial charge in [0, 0.05) is 18.2 Å². The molecule has 0 saturated heterocycles. The van der Waals surface area contributed by atoms with Crippen LogP contribution in [0.5, 0.6) is 0 Å². The number of thioether (sulfide) groups is 1. The first-order chi connectivity index (χ1) is 12.7. The lowest BCUT2D eigenvalue weighted by Gasteiger charge is -2.20. The molecule has 2 N–H and O–H groups in total. The van der Waals surface area contributed by atoms with Crippen molar-refractivity contribution < 1.29 is 9.59 Å². The van der Waals surface area contributed by atoms with Crippen LogP contribution in [0.2, 0.25) is 0 Å². The van der Waals surface area contributed by atoms with E-state index in [9.17, 15) is 9.59 Å². The van der Waals surface area contributed by atoms with Gasteiger partial charge in [-0.1, -0.05) is 43.2 Å². The highest BCUT2D eigenvalue weighted by molar-refractivity contribution is 7.99. The Balaban J connectivity index is 1.38. The topological polar surface area (TPSA) is 94.1 Å². The Morgan fingerprint density at radius 3 is 2.35 bits per heavy atom. The minimum Gasteiger partial charge on any atom is -0.336 e. The lowest BCUT2D eigenvalue weighted by molar-refractivity contribution is 0.0664. The number of nitrogen functional groups attached to an aromatic ring is 1. The van der Waals surface area contributed by atoms with Crippen molar-refractivity contribution in [1.29, 1.82) is 0 Å². The van der Waals surface area contributed by atoms with Gasteiger partial charge in [0.15, 0.2) is 5.82 Å². The number of nitrogens with two attached hydrogens (primary N) is 1. The maximum Gasteiger partial charge on any atom is 0.261 e. The van der Waals surface area contributed by atoms with E-state index < -0.39 is 0 Å². The van der Waals surface area contributed by atoms with Gasteiger partial charge in [-0.3, -0.25) is 14.5 Å². The summed E-state index contributed by atoms with van der Waals surface area (Å²) in [6.45, 7) is 0.322. The minimum absolute atomic E-state index is 0.233. The standard InChI is InChI=1S/C18H21N5O2S/c19-23-15(12-6-2-1-3-7-12)20-21-18(23)26-11-10-22-16(24)13-8-4-5-9-14(13)17(22)25/h4-5,8-9,12H,1-3,6-7,10-11,19H2. The molecule has 1 aliphatic heterocycles. The van der Waals surface area contributed by atoms with Crippen LogP contribution >= 0.6 is 11.8 Å². The van der Waals surface area contributed by atoms with Crippen LogP contribution in [0.15, 0.2) is 29.4 Å². The van der Waals surface area contributed by atoms with Crippen LogP contribution in [0.3, 0.4) is 0 Å². The van der Waals surface area contributed by atoms with E-state index in [4.69, 9.17) is 5.84 Å². The molecule has 26 heavy (non-hydrogen) atoms. The Morgan fingerprint density at radius 2 is 1.69 bits per heavy atom. The van der Waals surface area contributed by atoms with Gasteiger partial charge in [-0.05, 0) is 25.0 Å². The molecule has 1 aliphatic carbocycles. The number of carbonyl (C=O) groups excluding carboxylic acids is 2. The molecule has 0 atom stereocenters. The molecule has 7 nitrogen and oxygen atoms in total. The van der Waals surface area contributed by atoms with Crippen LogP contribution in [-0.4, -0.2) is 43.9 Å². The average molecular weight is 371 g/mol. The molecular formula is C18H21N5O2S. The van der Waals surface area contributed by atoms with E-state index in [1.54, 1.807) is 28.9 Å². The first-order valence-electron chi connectivity index (χ1n) is 8.95. The van der Waals surface area contributed by atoms with Gasteiger partial charge in [0.1, 0.15) is 0 Å².